The predicted molar refractivity (Wildman–Crippen MR) is 115 cm³/mol. The van der Waals surface area contributed by atoms with Gasteiger partial charge in [0.1, 0.15) is 11.6 Å². The number of halogens is 1. The lowest BCUT2D eigenvalue weighted by atomic mass is 9.90. The molecular weight excluding hydrogens is 397 g/mol. The Labute approximate surface area is 180 Å². The van der Waals surface area contributed by atoms with Crippen LogP contribution in [0.3, 0.4) is 0 Å². The van der Waals surface area contributed by atoms with E-state index >= 15 is 0 Å². The highest BCUT2D eigenvalue weighted by Crippen LogP contribution is 2.22. The molecule has 160 valence electrons. The van der Waals surface area contributed by atoms with E-state index in [1.54, 1.807) is 24.3 Å². The number of Topliss-reactive ketones (excluding diaryl/α,β-unsaturated/α-hetero) is 1. The van der Waals surface area contributed by atoms with Crippen molar-refractivity contribution in [3.63, 3.8) is 0 Å². The predicted octanol–water partition coefficient (Wildman–Crippen LogP) is 3.04. The molecule has 0 aromatic heterocycles. The molecule has 0 aliphatic carbocycles. The second kappa shape index (κ2) is 10.5. The number of carbonyl (C=O) groups is 2. The van der Waals surface area contributed by atoms with Gasteiger partial charge < -0.3 is 15.0 Å². The highest BCUT2D eigenvalue weighted by atomic mass is 19.1. The van der Waals surface area contributed by atoms with Gasteiger partial charge in [0.05, 0.1) is 18.7 Å². The SMILES string of the molecule is COc1ccc(C#N)cc1C=CC(=O)NCCCN1CC(C(=O)c2ccc(F)cc2)C1. The van der Waals surface area contributed by atoms with E-state index < -0.39 is 0 Å². The molecule has 0 saturated carbocycles. The maximum absolute atomic E-state index is 13.0. The summed E-state index contributed by atoms with van der Waals surface area (Å²) in [6.07, 6.45) is 3.81. The number of likely N-dealkylation sites (tertiary alicyclic amines) is 1. The molecule has 1 saturated heterocycles. The monoisotopic (exact) mass is 421 g/mol. The van der Waals surface area contributed by atoms with Gasteiger partial charge in [-0.05, 0) is 61.5 Å². The lowest BCUT2D eigenvalue weighted by Crippen LogP contribution is -2.50. The van der Waals surface area contributed by atoms with E-state index in [0.717, 1.165) is 13.0 Å². The lowest BCUT2D eigenvalue weighted by molar-refractivity contribution is -0.116. The average molecular weight is 421 g/mol. The van der Waals surface area contributed by atoms with Crippen LogP contribution in [0, 0.1) is 23.1 Å². The summed E-state index contributed by atoms with van der Waals surface area (Å²) in [7, 11) is 1.53. The molecule has 6 nitrogen and oxygen atoms in total. The summed E-state index contributed by atoms with van der Waals surface area (Å²) in [6, 6.07) is 12.7. The molecule has 31 heavy (non-hydrogen) atoms. The number of amides is 1. The second-order valence-electron chi connectivity index (χ2n) is 7.37. The number of ether oxygens (including phenoxy) is 1. The van der Waals surface area contributed by atoms with E-state index in [1.807, 2.05) is 0 Å². The van der Waals surface area contributed by atoms with Crippen molar-refractivity contribution in [2.24, 2.45) is 5.92 Å². The minimum absolute atomic E-state index is 0.0468. The number of rotatable bonds is 9. The average Bonchev–Trinajstić information content (AvgIpc) is 2.76. The van der Waals surface area contributed by atoms with Crippen molar-refractivity contribution >= 4 is 17.8 Å². The number of methoxy groups -OCH3 is 1. The first-order valence-electron chi connectivity index (χ1n) is 10.1. The van der Waals surface area contributed by atoms with Gasteiger partial charge in [0.15, 0.2) is 5.78 Å². The van der Waals surface area contributed by atoms with Gasteiger partial charge >= 0.3 is 0 Å². The summed E-state index contributed by atoms with van der Waals surface area (Å²) in [5, 5.41) is 11.8. The van der Waals surface area contributed by atoms with Crippen molar-refractivity contribution in [2.45, 2.75) is 6.42 Å². The Morgan fingerprint density at radius 1 is 1.26 bits per heavy atom. The molecule has 1 N–H and O–H groups in total. The summed E-state index contributed by atoms with van der Waals surface area (Å²) in [4.78, 5) is 26.5. The van der Waals surface area contributed by atoms with Crippen LogP contribution < -0.4 is 10.1 Å². The maximum atomic E-state index is 13.0. The van der Waals surface area contributed by atoms with Crippen LogP contribution in [-0.2, 0) is 4.79 Å². The van der Waals surface area contributed by atoms with Crippen molar-refractivity contribution < 1.29 is 18.7 Å². The van der Waals surface area contributed by atoms with E-state index in [-0.39, 0.29) is 23.4 Å². The molecule has 0 radical (unpaired) electrons. The molecule has 1 fully saturated rings. The molecule has 2 aromatic carbocycles. The fraction of sp³-hybridized carbons (Fsp3) is 0.292. The van der Waals surface area contributed by atoms with Gasteiger partial charge in [0, 0.05) is 42.8 Å². The molecule has 0 atom stereocenters. The van der Waals surface area contributed by atoms with Gasteiger partial charge in [-0.3, -0.25) is 9.59 Å². The van der Waals surface area contributed by atoms with Crippen LogP contribution in [-0.4, -0.2) is 49.9 Å². The Kier molecular flexibility index (Phi) is 7.52. The van der Waals surface area contributed by atoms with Crippen molar-refractivity contribution in [1.29, 1.82) is 5.26 Å². The number of nitriles is 1. The van der Waals surface area contributed by atoms with Crippen molar-refractivity contribution in [3.8, 4) is 11.8 Å². The standard InChI is InChI=1S/C24H24FN3O3/c1-31-22-9-3-17(14-26)13-19(22)6-10-23(29)27-11-2-12-28-15-20(16-28)24(30)18-4-7-21(25)8-5-18/h3-10,13,20H,2,11-12,15-16H2,1H3,(H,27,29). The Morgan fingerprint density at radius 2 is 2.00 bits per heavy atom. The number of ketones is 1. The molecule has 0 unspecified atom stereocenters. The van der Waals surface area contributed by atoms with Crippen LogP contribution >= 0.6 is 0 Å². The zero-order valence-corrected chi connectivity index (χ0v) is 17.3. The molecule has 1 amide bonds. The van der Waals surface area contributed by atoms with Gasteiger partial charge in [0.2, 0.25) is 5.91 Å². The van der Waals surface area contributed by atoms with Crippen LogP contribution in [0.2, 0.25) is 0 Å². The molecule has 7 heteroatoms. The van der Waals surface area contributed by atoms with E-state index in [2.05, 4.69) is 16.3 Å². The number of nitrogens with zero attached hydrogens (tertiary/aromatic N) is 2. The Morgan fingerprint density at radius 3 is 2.68 bits per heavy atom. The Hall–Kier alpha value is -3.50. The number of carbonyl (C=O) groups excluding carboxylic acids is 2. The normalized spacial score (nSPS) is 14.1. The molecule has 2 aromatic rings. The first-order valence-corrected chi connectivity index (χ1v) is 10.1. The third-order valence-electron chi connectivity index (χ3n) is 5.18. The second-order valence-corrected chi connectivity index (χ2v) is 7.37. The van der Waals surface area contributed by atoms with Crippen LogP contribution in [0.4, 0.5) is 4.39 Å². The molecular formula is C24H24FN3O3. The molecule has 0 spiro atoms. The zero-order chi connectivity index (χ0) is 22.2. The summed E-state index contributed by atoms with van der Waals surface area (Å²) in [6.45, 7) is 2.67. The van der Waals surface area contributed by atoms with Crippen LogP contribution in [0.5, 0.6) is 5.75 Å². The lowest BCUT2D eigenvalue weighted by Gasteiger charge is -2.38. The topological polar surface area (TPSA) is 82.4 Å². The summed E-state index contributed by atoms with van der Waals surface area (Å²) in [5.74, 6) is 0.00851. The molecule has 0 bridgehead atoms. The van der Waals surface area contributed by atoms with Crippen molar-refractivity contribution in [3.05, 3.63) is 71.0 Å². The minimum Gasteiger partial charge on any atom is -0.496 e. The largest absolute Gasteiger partial charge is 0.496 e. The van der Waals surface area contributed by atoms with Gasteiger partial charge in [-0.1, -0.05) is 0 Å². The van der Waals surface area contributed by atoms with Crippen LogP contribution in [0.15, 0.2) is 48.5 Å². The van der Waals surface area contributed by atoms with E-state index in [1.165, 1.54) is 37.5 Å². The fourth-order valence-corrected chi connectivity index (χ4v) is 3.44. The van der Waals surface area contributed by atoms with Gasteiger partial charge in [0.25, 0.3) is 0 Å². The highest BCUT2D eigenvalue weighted by Gasteiger charge is 2.32. The summed E-state index contributed by atoms with van der Waals surface area (Å²) >= 11 is 0. The smallest absolute Gasteiger partial charge is 0.244 e. The Bertz CT molecular complexity index is 1010. The molecule has 1 heterocycles. The van der Waals surface area contributed by atoms with Gasteiger partial charge in [-0.25, -0.2) is 4.39 Å². The maximum Gasteiger partial charge on any atom is 0.244 e. The first kappa shape index (κ1) is 22.2. The third-order valence-corrected chi connectivity index (χ3v) is 5.18. The number of hydrogen-bond acceptors (Lipinski definition) is 5. The third kappa shape index (κ3) is 6.00. The molecule has 1 aliphatic rings. The highest BCUT2D eigenvalue weighted by molar-refractivity contribution is 5.98. The quantitative estimate of drug-likeness (QED) is 0.382. The number of hydrogen-bond donors (Lipinski definition) is 1. The Balaban J connectivity index is 1.36. The zero-order valence-electron chi connectivity index (χ0n) is 17.3. The van der Waals surface area contributed by atoms with Gasteiger partial charge in [-0.2, -0.15) is 5.26 Å². The van der Waals surface area contributed by atoms with Crippen LogP contribution in [0.25, 0.3) is 6.08 Å². The van der Waals surface area contributed by atoms with Crippen molar-refractivity contribution in [2.75, 3.05) is 33.3 Å². The fourth-order valence-electron chi connectivity index (χ4n) is 3.44. The van der Waals surface area contributed by atoms with Gasteiger partial charge in [-0.15, -0.1) is 0 Å². The molecule has 3 rings (SSSR count). The van der Waals surface area contributed by atoms with E-state index in [0.29, 0.717) is 42.1 Å². The van der Waals surface area contributed by atoms with Crippen molar-refractivity contribution in [1.82, 2.24) is 10.2 Å². The first-order chi connectivity index (χ1) is 15.0. The van der Waals surface area contributed by atoms with E-state index in [9.17, 15) is 14.0 Å². The minimum atomic E-state index is -0.349. The summed E-state index contributed by atoms with van der Waals surface area (Å²) in [5.41, 5.74) is 1.70. The molecule has 1 aliphatic heterocycles. The van der Waals surface area contributed by atoms with Crippen LogP contribution in [0.1, 0.15) is 27.9 Å². The number of benzene rings is 2. The number of nitrogens with one attached hydrogen (secondary N) is 1. The van der Waals surface area contributed by atoms with E-state index in [4.69, 9.17) is 10.00 Å². The summed E-state index contributed by atoms with van der Waals surface area (Å²) < 4.78 is 18.2.